The van der Waals surface area contributed by atoms with E-state index in [-0.39, 0.29) is 12.1 Å². The number of aromatic nitrogens is 1. The van der Waals surface area contributed by atoms with Crippen LogP contribution in [0.3, 0.4) is 0 Å². The number of hydrazone groups is 1. The Morgan fingerprint density at radius 3 is 2.67 bits per heavy atom. The maximum atomic E-state index is 5.83. The molecule has 0 fully saturated rings. The van der Waals surface area contributed by atoms with E-state index in [0.717, 1.165) is 41.0 Å². The van der Waals surface area contributed by atoms with Gasteiger partial charge >= 0.3 is 0 Å². The zero-order chi connectivity index (χ0) is 20.7. The largest absolute Gasteiger partial charge is 0.491 e. The summed E-state index contributed by atoms with van der Waals surface area (Å²) in [4.78, 5) is 8.62. The normalized spacial score (nSPS) is 17.1. The highest BCUT2D eigenvalue weighted by molar-refractivity contribution is 5.98. The molecule has 3 aromatic rings. The fourth-order valence-electron chi connectivity index (χ4n) is 4.27. The number of nitrogens with one attached hydrogen (secondary N) is 2. The van der Waals surface area contributed by atoms with Crippen LogP contribution < -0.4 is 20.7 Å². The second-order valence-electron chi connectivity index (χ2n) is 8.08. The van der Waals surface area contributed by atoms with E-state index in [9.17, 15) is 0 Å². The number of nitrogens with zero attached hydrogens (tertiary/aromatic N) is 2. The minimum Gasteiger partial charge on any atom is -0.491 e. The molecule has 1 unspecified atom stereocenters. The molecule has 0 amide bonds. The maximum Gasteiger partial charge on any atom is 0.131 e. The molecule has 0 spiro atoms. The standard InChI is InChI=1S/C25H26N4O/c1-4-17-13-20-19-7-5-6-8-22(19)27-24(21-14-26-25(23(20)21)29-28-17)16-9-11-18(12-10-16)30-15(2)3/h5-12,14-15,24,26,29H,4,13H2,1-3H3. The number of rotatable bonds is 4. The predicted molar refractivity (Wildman–Crippen MR) is 121 cm³/mol. The molecule has 5 rings (SSSR count). The monoisotopic (exact) mass is 398 g/mol. The van der Waals surface area contributed by atoms with E-state index >= 15 is 0 Å². The van der Waals surface area contributed by atoms with Crippen LogP contribution >= 0.6 is 0 Å². The number of anilines is 1. The first-order valence-electron chi connectivity index (χ1n) is 10.6. The Balaban J connectivity index is 1.70. The lowest BCUT2D eigenvalue weighted by atomic mass is 9.91. The van der Waals surface area contributed by atoms with Crippen LogP contribution in [0.25, 0.3) is 5.57 Å². The molecule has 2 aromatic carbocycles. The molecule has 2 N–H and O–H groups in total. The fraction of sp³-hybridized carbons (Fsp3) is 0.280. The minimum atomic E-state index is -0.0956. The number of fused-ring (bicyclic) bond motifs is 1. The first kappa shape index (κ1) is 18.7. The Morgan fingerprint density at radius 2 is 1.90 bits per heavy atom. The molecular weight excluding hydrogens is 372 g/mol. The van der Waals surface area contributed by atoms with Gasteiger partial charge in [0.05, 0.1) is 11.5 Å². The van der Waals surface area contributed by atoms with Crippen LogP contribution in [-0.2, 0) is 0 Å². The minimum absolute atomic E-state index is 0.0956. The topological polar surface area (TPSA) is 61.8 Å². The third-order valence-corrected chi connectivity index (χ3v) is 5.69. The average molecular weight is 399 g/mol. The van der Waals surface area contributed by atoms with Crippen molar-refractivity contribution < 1.29 is 4.74 Å². The zero-order valence-electron chi connectivity index (χ0n) is 17.6. The van der Waals surface area contributed by atoms with Crippen molar-refractivity contribution in [2.45, 2.75) is 45.8 Å². The molecule has 0 radical (unpaired) electrons. The van der Waals surface area contributed by atoms with Gasteiger partial charge < -0.3 is 9.72 Å². The highest BCUT2D eigenvalue weighted by Crippen LogP contribution is 2.39. The van der Waals surface area contributed by atoms with E-state index in [1.54, 1.807) is 0 Å². The van der Waals surface area contributed by atoms with Crippen LogP contribution in [0.15, 0.2) is 64.8 Å². The molecule has 0 aliphatic carbocycles. The Kier molecular flexibility index (Phi) is 4.66. The van der Waals surface area contributed by atoms with Gasteiger partial charge in [0.2, 0.25) is 0 Å². The number of benzene rings is 2. The van der Waals surface area contributed by atoms with E-state index in [2.05, 4.69) is 65.0 Å². The third kappa shape index (κ3) is 3.20. The summed E-state index contributed by atoms with van der Waals surface area (Å²) >= 11 is 0. The first-order chi connectivity index (χ1) is 14.6. The molecule has 2 aliphatic rings. The van der Waals surface area contributed by atoms with Gasteiger partial charge in [-0.05, 0) is 49.6 Å². The Bertz CT molecular complexity index is 1230. The molecule has 0 bridgehead atoms. The molecular formula is C25H26N4O. The fourth-order valence-corrected chi connectivity index (χ4v) is 4.27. The van der Waals surface area contributed by atoms with Gasteiger partial charge in [0.1, 0.15) is 17.6 Å². The summed E-state index contributed by atoms with van der Waals surface area (Å²) in [7, 11) is 0. The number of aromatic amines is 1. The summed E-state index contributed by atoms with van der Waals surface area (Å²) in [5, 5.41) is 6.84. The Morgan fingerprint density at radius 1 is 1.10 bits per heavy atom. The molecule has 5 nitrogen and oxygen atoms in total. The predicted octanol–water partition coefficient (Wildman–Crippen LogP) is 4.31. The van der Waals surface area contributed by atoms with E-state index in [1.807, 2.05) is 26.0 Å². The van der Waals surface area contributed by atoms with Crippen molar-refractivity contribution in [2.75, 3.05) is 5.43 Å². The molecule has 2 aliphatic heterocycles. The number of ether oxygens (including phenoxy) is 1. The van der Waals surface area contributed by atoms with E-state index in [4.69, 9.17) is 9.73 Å². The van der Waals surface area contributed by atoms with Crippen LogP contribution in [0.5, 0.6) is 5.75 Å². The van der Waals surface area contributed by atoms with Gasteiger partial charge in [0, 0.05) is 34.7 Å². The lowest BCUT2D eigenvalue weighted by Gasteiger charge is -2.15. The van der Waals surface area contributed by atoms with E-state index in [0.29, 0.717) is 0 Å². The van der Waals surface area contributed by atoms with Crippen molar-refractivity contribution >= 4 is 17.1 Å². The van der Waals surface area contributed by atoms with Crippen molar-refractivity contribution in [3.63, 3.8) is 0 Å². The number of H-pyrrole nitrogens is 1. The van der Waals surface area contributed by atoms with Crippen molar-refractivity contribution in [1.29, 1.82) is 0 Å². The second kappa shape index (κ2) is 7.48. The van der Waals surface area contributed by atoms with E-state index in [1.165, 1.54) is 21.9 Å². The van der Waals surface area contributed by atoms with Crippen LogP contribution in [0.4, 0.5) is 5.82 Å². The van der Waals surface area contributed by atoms with Gasteiger partial charge in [-0.2, -0.15) is 5.10 Å². The zero-order valence-corrected chi connectivity index (χ0v) is 17.6. The van der Waals surface area contributed by atoms with Gasteiger partial charge in [-0.25, -0.2) is 0 Å². The molecule has 1 aromatic heterocycles. The van der Waals surface area contributed by atoms with Crippen LogP contribution in [0.2, 0.25) is 0 Å². The number of para-hydroxylation sites is 1. The van der Waals surface area contributed by atoms with Gasteiger partial charge in [0.25, 0.3) is 0 Å². The second-order valence-corrected chi connectivity index (χ2v) is 8.08. The summed E-state index contributed by atoms with van der Waals surface area (Å²) in [5.74, 6) is 1.82. The lowest BCUT2D eigenvalue weighted by Crippen LogP contribution is -2.27. The van der Waals surface area contributed by atoms with Crippen molar-refractivity contribution in [3.8, 4) is 5.75 Å². The number of hydrogen-bond acceptors (Lipinski definition) is 4. The summed E-state index contributed by atoms with van der Waals surface area (Å²) < 4.78 is 5.83. The molecule has 3 heterocycles. The molecule has 1 atom stereocenters. The summed E-state index contributed by atoms with van der Waals surface area (Å²) in [6.07, 6.45) is 3.96. The van der Waals surface area contributed by atoms with Gasteiger partial charge in [-0.15, -0.1) is 0 Å². The van der Waals surface area contributed by atoms with Crippen molar-refractivity contribution in [3.05, 3.63) is 82.0 Å². The highest BCUT2D eigenvalue weighted by Gasteiger charge is 2.28. The summed E-state index contributed by atoms with van der Waals surface area (Å²) in [6.45, 7) is 6.23. The smallest absolute Gasteiger partial charge is 0.131 e. The van der Waals surface area contributed by atoms with Crippen LogP contribution in [0, 0.1) is 0 Å². The molecule has 0 saturated carbocycles. The summed E-state index contributed by atoms with van der Waals surface area (Å²) in [5.41, 5.74) is 9.20. The number of hydrogen-bond donors (Lipinski definition) is 2. The van der Waals surface area contributed by atoms with Crippen molar-refractivity contribution in [2.24, 2.45) is 10.1 Å². The van der Waals surface area contributed by atoms with Gasteiger partial charge in [0.15, 0.2) is 0 Å². The Hall–Kier alpha value is -3.34. The first-order valence-corrected chi connectivity index (χ1v) is 10.6. The van der Waals surface area contributed by atoms with Gasteiger partial charge in [-0.3, -0.25) is 10.4 Å². The maximum absolute atomic E-state index is 5.83. The molecule has 5 heteroatoms. The lowest BCUT2D eigenvalue weighted by molar-refractivity contribution is 0.242. The van der Waals surface area contributed by atoms with Crippen LogP contribution in [-0.4, -0.2) is 16.8 Å². The molecule has 30 heavy (non-hydrogen) atoms. The SMILES string of the molecule is CCC1=NNc2[nH]cc3c2C(=c2ccccc2=NC3c2ccc(OC(C)C)cc2)C1. The molecule has 152 valence electrons. The highest BCUT2D eigenvalue weighted by atomic mass is 16.5. The van der Waals surface area contributed by atoms with Crippen LogP contribution in [0.1, 0.15) is 56.3 Å². The summed E-state index contributed by atoms with van der Waals surface area (Å²) in [6, 6.07) is 16.7. The van der Waals surface area contributed by atoms with E-state index < -0.39 is 0 Å². The Labute approximate surface area is 176 Å². The third-order valence-electron chi connectivity index (χ3n) is 5.69. The van der Waals surface area contributed by atoms with Crippen molar-refractivity contribution in [1.82, 2.24) is 4.98 Å². The van der Waals surface area contributed by atoms with Gasteiger partial charge in [-0.1, -0.05) is 37.3 Å². The quantitative estimate of drug-likeness (QED) is 0.688. The molecule has 0 saturated heterocycles. The average Bonchev–Trinajstić information content (AvgIpc) is 3.00.